The summed E-state index contributed by atoms with van der Waals surface area (Å²) in [6, 6.07) is 4.85. The highest BCUT2D eigenvalue weighted by Crippen LogP contribution is 2.72. The van der Waals surface area contributed by atoms with Crippen LogP contribution in [0.15, 0.2) is 30.4 Å². The maximum Gasteiger partial charge on any atom is 0.307 e. The number of carbonyl (C=O) groups is 2. The molecule has 1 aromatic rings. The number of hydrogen-bond donors (Lipinski definition) is 2. The third-order valence-electron chi connectivity index (χ3n) is 5.62. The number of carboxylic acid groups (broad SMARTS) is 1. The number of aliphatic carboxylic acids is 1. The summed E-state index contributed by atoms with van der Waals surface area (Å²) in [6.45, 7) is 0. The number of allylic oxidation sites excluding steroid dienone is 2. The summed E-state index contributed by atoms with van der Waals surface area (Å²) in [4.78, 5) is 24.5. The van der Waals surface area contributed by atoms with Gasteiger partial charge in [-0.3, -0.25) is 9.59 Å². The van der Waals surface area contributed by atoms with Crippen LogP contribution in [0, 0.1) is 29.1 Å². The Hall–Kier alpha value is -1.52. The monoisotopic (exact) mass is 351 g/mol. The summed E-state index contributed by atoms with van der Waals surface area (Å²) in [5.41, 5.74) is 0.549. The minimum absolute atomic E-state index is 0.0166. The maximum atomic E-state index is 12.7. The maximum absolute atomic E-state index is 12.7. The van der Waals surface area contributed by atoms with Gasteiger partial charge in [-0.1, -0.05) is 35.4 Å². The molecule has 2 N–H and O–H groups in total. The number of anilines is 1. The van der Waals surface area contributed by atoms with Crippen LogP contribution in [0.25, 0.3) is 0 Å². The molecule has 6 heteroatoms. The number of nitrogens with one attached hydrogen (secondary N) is 1. The van der Waals surface area contributed by atoms with Gasteiger partial charge in [0.25, 0.3) is 0 Å². The summed E-state index contributed by atoms with van der Waals surface area (Å²) in [5, 5.41) is 13.2. The molecule has 3 aliphatic rings. The first-order chi connectivity index (χ1) is 10.9. The van der Waals surface area contributed by atoms with Gasteiger partial charge in [0.1, 0.15) is 0 Å². The van der Waals surface area contributed by atoms with Crippen molar-refractivity contribution in [3.63, 3.8) is 0 Å². The Bertz CT molecular complexity index is 741. The summed E-state index contributed by atoms with van der Waals surface area (Å²) in [5.74, 6) is -2.30. The van der Waals surface area contributed by atoms with Crippen molar-refractivity contribution in [1.29, 1.82) is 0 Å². The van der Waals surface area contributed by atoms with Crippen LogP contribution in [-0.2, 0) is 9.59 Å². The van der Waals surface area contributed by atoms with Crippen LogP contribution in [0.1, 0.15) is 12.8 Å². The van der Waals surface area contributed by atoms with Gasteiger partial charge in [-0.05, 0) is 48.3 Å². The molecule has 4 atom stereocenters. The van der Waals surface area contributed by atoms with E-state index in [-0.39, 0.29) is 23.2 Å². The second-order valence-electron chi connectivity index (χ2n) is 6.68. The van der Waals surface area contributed by atoms with Gasteiger partial charge >= 0.3 is 5.97 Å². The van der Waals surface area contributed by atoms with Crippen molar-refractivity contribution in [3.05, 3.63) is 40.4 Å². The highest BCUT2D eigenvalue weighted by atomic mass is 35.5. The van der Waals surface area contributed by atoms with Crippen LogP contribution >= 0.6 is 23.2 Å². The topological polar surface area (TPSA) is 66.4 Å². The van der Waals surface area contributed by atoms with Gasteiger partial charge in [0.05, 0.1) is 21.9 Å². The highest BCUT2D eigenvalue weighted by Gasteiger charge is 2.70. The molecule has 120 valence electrons. The third kappa shape index (κ3) is 2.12. The van der Waals surface area contributed by atoms with E-state index in [1.807, 2.05) is 12.2 Å². The van der Waals surface area contributed by atoms with Gasteiger partial charge in [0.2, 0.25) is 5.91 Å². The van der Waals surface area contributed by atoms with Crippen molar-refractivity contribution in [1.82, 2.24) is 0 Å². The molecular weight excluding hydrogens is 337 g/mol. The number of hydrogen-bond acceptors (Lipinski definition) is 2. The summed E-state index contributed by atoms with van der Waals surface area (Å²) < 4.78 is 0. The molecule has 1 aromatic carbocycles. The molecule has 0 saturated heterocycles. The second-order valence-corrected chi connectivity index (χ2v) is 7.49. The van der Waals surface area contributed by atoms with E-state index in [1.54, 1.807) is 18.2 Å². The fourth-order valence-corrected chi connectivity index (χ4v) is 4.79. The molecule has 1 amide bonds. The van der Waals surface area contributed by atoms with Crippen LogP contribution in [0.5, 0.6) is 0 Å². The fraction of sp³-hybridized carbons (Fsp3) is 0.412. The van der Waals surface area contributed by atoms with Gasteiger partial charge in [-0.2, -0.15) is 0 Å². The normalized spacial score (nSPS) is 32.3. The van der Waals surface area contributed by atoms with E-state index < -0.39 is 17.8 Å². The minimum Gasteiger partial charge on any atom is -0.481 e. The Morgan fingerprint density at radius 3 is 2.30 bits per heavy atom. The van der Waals surface area contributed by atoms with Crippen LogP contribution in [0.3, 0.4) is 0 Å². The molecule has 0 unspecified atom stereocenters. The van der Waals surface area contributed by atoms with Crippen molar-refractivity contribution < 1.29 is 14.7 Å². The van der Waals surface area contributed by atoms with Crippen molar-refractivity contribution in [3.8, 4) is 0 Å². The first-order valence-corrected chi connectivity index (χ1v) is 8.37. The molecule has 0 radical (unpaired) electrons. The van der Waals surface area contributed by atoms with E-state index in [9.17, 15) is 14.7 Å². The first kappa shape index (κ1) is 15.0. The first-order valence-electron chi connectivity index (χ1n) is 7.61. The largest absolute Gasteiger partial charge is 0.481 e. The van der Waals surface area contributed by atoms with Crippen LogP contribution in [0.4, 0.5) is 5.69 Å². The lowest BCUT2D eigenvalue weighted by Crippen LogP contribution is -2.36. The van der Waals surface area contributed by atoms with Crippen molar-refractivity contribution in [2.75, 3.05) is 5.32 Å². The molecule has 4 rings (SSSR count). The van der Waals surface area contributed by atoms with Crippen LogP contribution in [0.2, 0.25) is 10.0 Å². The van der Waals surface area contributed by atoms with Crippen LogP contribution < -0.4 is 5.32 Å². The zero-order valence-electron chi connectivity index (χ0n) is 12.1. The number of rotatable bonds is 3. The molecule has 2 fully saturated rings. The number of benzene rings is 1. The molecule has 0 heterocycles. The van der Waals surface area contributed by atoms with Crippen LogP contribution in [-0.4, -0.2) is 17.0 Å². The number of carboxylic acids is 1. The summed E-state index contributed by atoms with van der Waals surface area (Å²) in [6.07, 6.45) is 6.06. The fourth-order valence-electron chi connectivity index (χ4n) is 4.49. The van der Waals surface area contributed by atoms with Gasteiger partial charge in [0.15, 0.2) is 0 Å². The Balaban J connectivity index is 1.61. The lowest BCUT2D eigenvalue weighted by molar-refractivity contribution is -0.146. The zero-order chi connectivity index (χ0) is 16.4. The SMILES string of the molecule is O=C(O)[C@H]1[C@H](C(=O)Nc2ccc(Cl)c(Cl)c2)[C@H]2C=C[C@H]1C21CC1. The highest BCUT2D eigenvalue weighted by molar-refractivity contribution is 6.42. The van der Waals surface area contributed by atoms with E-state index in [0.717, 1.165) is 12.8 Å². The van der Waals surface area contributed by atoms with Gasteiger partial charge < -0.3 is 10.4 Å². The van der Waals surface area contributed by atoms with Gasteiger partial charge in [-0.15, -0.1) is 0 Å². The van der Waals surface area contributed by atoms with E-state index in [0.29, 0.717) is 15.7 Å². The second kappa shape index (κ2) is 4.99. The predicted molar refractivity (Wildman–Crippen MR) is 87.5 cm³/mol. The Morgan fingerprint density at radius 1 is 1.09 bits per heavy atom. The average molecular weight is 352 g/mol. The molecule has 0 aromatic heterocycles. The van der Waals surface area contributed by atoms with E-state index in [1.165, 1.54) is 0 Å². The molecular formula is C17H15Cl2NO3. The van der Waals surface area contributed by atoms with Crippen molar-refractivity contribution in [2.24, 2.45) is 29.1 Å². The van der Waals surface area contributed by atoms with E-state index in [4.69, 9.17) is 23.2 Å². The zero-order valence-corrected chi connectivity index (χ0v) is 13.6. The van der Waals surface area contributed by atoms with E-state index in [2.05, 4.69) is 5.32 Å². The molecule has 23 heavy (non-hydrogen) atoms. The molecule has 2 saturated carbocycles. The molecule has 3 aliphatic carbocycles. The third-order valence-corrected chi connectivity index (χ3v) is 6.36. The summed E-state index contributed by atoms with van der Waals surface area (Å²) >= 11 is 11.8. The van der Waals surface area contributed by atoms with Gasteiger partial charge in [0, 0.05) is 5.69 Å². The average Bonchev–Trinajstić information content (AvgIpc) is 3.16. The molecule has 2 bridgehead atoms. The van der Waals surface area contributed by atoms with E-state index >= 15 is 0 Å². The van der Waals surface area contributed by atoms with Crippen molar-refractivity contribution in [2.45, 2.75) is 12.8 Å². The number of carbonyl (C=O) groups excluding carboxylic acids is 1. The lowest BCUT2D eigenvalue weighted by Gasteiger charge is -2.23. The number of amides is 1. The Labute approximate surface area is 143 Å². The smallest absolute Gasteiger partial charge is 0.307 e. The standard InChI is InChI=1S/C17H15Cl2NO3/c18-11-4-1-8(7-12(11)19)20-15(21)13-9-2-3-10(14(13)16(22)23)17(9)5-6-17/h1-4,7,9-10,13-14H,5-6H2,(H,20,21)(H,22,23)/t9-,10-,13-,14-/m1/s1. The Morgan fingerprint density at radius 2 is 1.74 bits per heavy atom. The van der Waals surface area contributed by atoms with Gasteiger partial charge in [-0.25, -0.2) is 0 Å². The molecule has 0 aliphatic heterocycles. The molecule has 4 nitrogen and oxygen atoms in total. The quantitative estimate of drug-likeness (QED) is 0.813. The Kier molecular flexibility index (Phi) is 3.26. The number of halogens is 2. The van der Waals surface area contributed by atoms with Crippen molar-refractivity contribution >= 4 is 40.8 Å². The lowest BCUT2D eigenvalue weighted by atomic mass is 9.82. The minimum atomic E-state index is -0.887. The predicted octanol–water partition coefficient (Wildman–Crippen LogP) is 3.84. The molecule has 1 spiro atoms. The summed E-state index contributed by atoms with van der Waals surface area (Å²) in [7, 11) is 0.